The summed E-state index contributed by atoms with van der Waals surface area (Å²) in [5, 5.41) is 2.50. The zero-order chi connectivity index (χ0) is 18.9. The van der Waals surface area contributed by atoms with Crippen molar-refractivity contribution in [1.82, 2.24) is 10.2 Å². The smallest absolute Gasteiger partial charge is 0.319 e. The number of hydrogen-bond donors (Lipinski definition) is 1. The summed E-state index contributed by atoms with van der Waals surface area (Å²) >= 11 is 0. The van der Waals surface area contributed by atoms with Crippen LogP contribution in [0.5, 0.6) is 0 Å². The minimum atomic E-state index is -1.55. The van der Waals surface area contributed by atoms with Gasteiger partial charge in [-0.3, -0.25) is 14.5 Å². The highest BCUT2D eigenvalue weighted by atomic mass is 19.1. The highest BCUT2D eigenvalue weighted by Gasteiger charge is 2.50. The number of urea groups is 1. The van der Waals surface area contributed by atoms with Gasteiger partial charge in [0.2, 0.25) is 5.91 Å². The van der Waals surface area contributed by atoms with Crippen LogP contribution in [0, 0.1) is 5.82 Å². The number of anilines is 1. The first kappa shape index (κ1) is 17.6. The number of nitrogens with one attached hydrogen (secondary N) is 1. The maximum absolute atomic E-state index is 14.1. The fourth-order valence-electron chi connectivity index (χ4n) is 2.93. The first-order valence-electron chi connectivity index (χ1n) is 8.05. The maximum atomic E-state index is 14.1. The zero-order valence-corrected chi connectivity index (χ0v) is 14.4. The van der Waals surface area contributed by atoms with E-state index in [4.69, 9.17) is 0 Å². The van der Waals surface area contributed by atoms with Gasteiger partial charge in [-0.25, -0.2) is 9.18 Å². The number of carbonyl (C=O) groups is 3. The van der Waals surface area contributed by atoms with E-state index >= 15 is 0 Å². The Morgan fingerprint density at radius 3 is 2.38 bits per heavy atom. The second-order valence-corrected chi connectivity index (χ2v) is 6.21. The Hall–Kier alpha value is -3.22. The molecular weight excluding hydrogens is 337 g/mol. The van der Waals surface area contributed by atoms with Crippen LogP contribution in [0.15, 0.2) is 54.6 Å². The van der Waals surface area contributed by atoms with Gasteiger partial charge in [-0.2, -0.15) is 0 Å². The second kappa shape index (κ2) is 6.59. The van der Waals surface area contributed by atoms with Crippen LogP contribution in [0.4, 0.5) is 14.9 Å². The van der Waals surface area contributed by atoms with Crippen molar-refractivity contribution in [2.75, 3.05) is 18.5 Å². The van der Waals surface area contributed by atoms with Gasteiger partial charge in [-0.1, -0.05) is 36.4 Å². The summed E-state index contributed by atoms with van der Waals surface area (Å²) in [5.41, 5.74) is -0.847. The number of benzene rings is 2. The molecule has 134 valence electrons. The molecule has 2 aromatic rings. The lowest BCUT2D eigenvalue weighted by atomic mass is 9.91. The fraction of sp³-hybridized carbons (Fsp3) is 0.211. The minimum absolute atomic E-state index is 0.0599. The lowest BCUT2D eigenvalue weighted by Gasteiger charge is -2.23. The third-order valence-electron chi connectivity index (χ3n) is 4.50. The summed E-state index contributed by atoms with van der Waals surface area (Å²) in [5.74, 6) is -1.70. The maximum Gasteiger partial charge on any atom is 0.325 e. The van der Waals surface area contributed by atoms with Gasteiger partial charge in [-0.05, 0) is 25.1 Å². The molecule has 4 amide bonds. The van der Waals surface area contributed by atoms with E-state index in [1.54, 1.807) is 37.4 Å². The van der Waals surface area contributed by atoms with Gasteiger partial charge in [0, 0.05) is 18.3 Å². The number of rotatable bonds is 4. The number of carbonyl (C=O) groups excluding carboxylic acids is 3. The lowest BCUT2D eigenvalue weighted by Crippen LogP contribution is -2.44. The number of amides is 4. The number of halogens is 1. The molecular formula is C19H18FN3O3. The molecule has 1 fully saturated rings. The minimum Gasteiger partial charge on any atom is -0.319 e. The van der Waals surface area contributed by atoms with Gasteiger partial charge in [0.15, 0.2) is 0 Å². The number of nitrogens with zero attached hydrogens (tertiary/aromatic N) is 2. The van der Waals surface area contributed by atoms with E-state index in [1.807, 2.05) is 6.07 Å². The predicted octanol–water partition coefficient (Wildman–Crippen LogP) is 2.26. The third kappa shape index (κ3) is 2.92. The zero-order valence-electron chi connectivity index (χ0n) is 14.4. The number of hydrogen-bond acceptors (Lipinski definition) is 3. The van der Waals surface area contributed by atoms with Crippen molar-refractivity contribution in [2.24, 2.45) is 0 Å². The average Bonchev–Trinajstić information content (AvgIpc) is 2.86. The highest BCUT2D eigenvalue weighted by Crippen LogP contribution is 2.30. The van der Waals surface area contributed by atoms with E-state index in [1.165, 1.54) is 30.0 Å². The Kier molecular flexibility index (Phi) is 4.46. The van der Waals surface area contributed by atoms with Gasteiger partial charge in [-0.15, -0.1) is 0 Å². The Morgan fingerprint density at radius 2 is 1.73 bits per heavy atom. The molecule has 1 heterocycles. The van der Waals surface area contributed by atoms with Crippen LogP contribution >= 0.6 is 0 Å². The molecule has 1 atom stereocenters. The topological polar surface area (TPSA) is 69.7 Å². The molecule has 1 aliphatic rings. The van der Waals surface area contributed by atoms with E-state index in [9.17, 15) is 18.8 Å². The first-order valence-corrected chi connectivity index (χ1v) is 8.05. The molecule has 0 aliphatic carbocycles. The summed E-state index contributed by atoms with van der Waals surface area (Å²) in [4.78, 5) is 39.7. The molecule has 0 spiro atoms. The van der Waals surface area contributed by atoms with E-state index in [0.29, 0.717) is 5.69 Å². The van der Waals surface area contributed by atoms with Crippen LogP contribution in [0.2, 0.25) is 0 Å². The first-order chi connectivity index (χ1) is 12.3. The summed E-state index contributed by atoms with van der Waals surface area (Å²) < 4.78 is 14.1. The number of likely N-dealkylation sites (N-methyl/N-ethyl adjacent to an activating group) is 1. The third-order valence-corrected chi connectivity index (χ3v) is 4.50. The Morgan fingerprint density at radius 1 is 1.12 bits per heavy atom. The van der Waals surface area contributed by atoms with E-state index in [-0.39, 0.29) is 5.56 Å². The van der Waals surface area contributed by atoms with Crippen molar-refractivity contribution >= 4 is 23.5 Å². The van der Waals surface area contributed by atoms with Crippen molar-refractivity contribution < 1.29 is 18.8 Å². The molecule has 0 bridgehead atoms. The molecule has 0 radical (unpaired) electrons. The molecule has 1 unspecified atom stereocenters. The molecule has 1 aliphatic heterocycles. The van der Waals surface area contributed by atoms with Crippen LogP contribution < -0.4 is 10.2 Å². The van der Waals surface area contributed by atoms with Crippen LogP contribution in [-0.4, -0.2) is 36.3 Å². The molecule has 1 saturated heterocycles. The molecule has 0 aromatic heterocycles. The standard InChI is InChI=1S/C19H18FN3O3/c1-19(14-10-6-7-11-15(14)20)17(25)23(18(26)21-19)12-16(24)22(2)13-8-4-3-5-9-13/h3-11H,12H2,1-2H3,(H,21,26). The summed E-state index contributed by atoms with van der Waals surface area (Å²) in [6.45, 7) is 0.997. The van der Waals surface area contributed by atoms with Gasteiger partial charge in [0.25, 0.3) is 5.91 Å². The average molecular weight is 355 g/mol. The Bertz CT molecular complexity index is 871. The summed E-state index contributed by atoms with van der Waals surface area (Å²) in [6, 6.07) is 13.9. The van der Waals surface area contributed by atoms with Gasteiger partial charge < -0.3 is 10.2 Å². The number of para-hydroxylation sites is 1. The molecule has 6 nitrogen and oxygen atoms in total. The number of imide groups is 1. The lowest BCUT2D eigenvalue weighted by molar-refractivity contribution is -0.134. The molecule has 7 heteroatoms. The summed E-state index contributed by atoms with van der Waals surface area (Å²) in [7, 11) is 1.56. The van der Waals surface area contributed by atoms with E-state index in [2.05, 4.69) is 5.32 Å². The SMILES string of the molecule is CN(C(=O)CN1C(=O)NC(C)(c2ccccc2F)C1=O)c1ccccc1. The quantitative estimate of drug-likeness (QED) is 0.856. The fourth-order valence-corrected chi connectivity index (χ4v) is 2.93. The molecule has 3 rings (SSSR count). The van der Waals surface area contributed by atoms with Gasteiger partial charge in [0.05, 0.1) is 0 Å². The normalized spacial score (nSPS) is 19.4. The van der Waals surface area contributed by atoms with Crippen molar-refractivity contribution in [3.63, 3.8) is 0 Å². The van der Waals surface area contributed by atoms with Gasteiger partial charge in [0.1, 0.15) is 17.9 Å². The van der Waals surface area contributed by atoms with E-state index in [0.717, 1.165) is 4.90 Å². The largest absolute Gasteiger partial charge is 0.325 e. The predicted molar refractivity (Wildman–Crippen MR) is 93.8 cm³/mol. The Balaban J connectivity index is 1.82. The summed E-state index contributed by atoms with van der Waals surface area (Å²) in [6.07, 6.45) is 0. The molecule has 26 heavy (non-hydrogen) atoms. The van der Waals surface area contributed by atoms with Crippen LogP contribution in [0.3, 0.4) is 0 Å². The Labute approximate surface area is 150 Å². The van der Waals surface area contributed by atoms with E-state index < -0.39 is 35.7 Å². The monoisotopic (exact) mass is 355 g/mol. The van der Waals surface area contributed by atoms with Crippen molar-refractivity contribution in [1.29, 1.82) is 0 Å². The second-order valence-electron chi connectivity index (χ2n) is 6.21. The van der Waals surface area contributed by atoms with Gasteiger partial charge >= 0.3 is 6.03 Å². The molecule has 1 N–H and O–H groups in total. The van der Waals surface area contributed by atoms with Crippen LogP contribution in [0.1, 0.15) is 12.5 Å². The van der Waals surface area contributed by atoms with Crippen molar-refractivity contribution in [3.05, 3.63) is 66.0 Å². The molecule has 0 saturated carbocycles. The van der Waals surface area contributed by atoms with Crippen molar-refractivity contribution in [3.8, 4) is 0 Å². The molecule has 2 aromatic carbocycles. The van der Waals surface area contributed by atoms with Crippen molar-refractivity contribution in [2.45, 2.75) is 12.5 Å². The highest BCUT2D eigenvalue weighted by molar-refractivity contribution is 6.10. The van der Waals surface area contributed by atoms with Crippen LogP contribution in [-0.2, 0) is 15.1 Å². The van der Waals surface area contributed by atoms with Crippen LogP contribution in [0.25, 0.3) is 0 Å².